The standard InChI is InChI=1S/C20H25BrN6O2/c21-15-6-5-7-16(12-15)24-20(23-14-22)25-17-8-1-2-11-27(19(17)29)13-18(28)26-9-3-4-10-26/h5-7,12,17H,1-4,8-11,13H2,(H2,23,24,25). The summed E-state index contributed by atoms with van der Waals surface area (Å²) in [7, 11) is 0. The molecule has 2 aliphatic rings. The summed E-state index contributed by atoms with van der Waals surface area (Å²) in [4.78, 5) is 33.5. The summed E-state index contributed by atoms with van der Waals surface area (Å²) >= 11 is 3.41. The number of amides is 2. The van der Waals surface area contributed by atoms with Gasteiger partial charge >= 0.3 is 0 Å². The Balaban J connectivity index is 1.72. The molecule has 9 heteroatoms. The smallest absolute Gasteiger partial charge is 0.247 e. The van der Waals surface area contributed by atoms with Crippen LogP contribution in [0.2, 0.25) is 0 Å². The molecule has 0 radical (unpaired) electrons. The van der Waals surface area contributed by atoms with Crippen LogP contribution in [0.15, 0.2) is 33.7 Å². The van der Waals surface area contributed by atoms with Crippen LogP contribution in [0.1, 0.15) is 32.1 Å². The Bertz CT molecular complexity index is 815. The third kappa shape index (κ3) is 5.94. The summed E-state index contributed by atoms with van der Waals surface area (Å²) in [5.41, 5.74) is 0.739. The molecule has 3 rings (SSSR count). The number of aliphatic imine (C=N–C) groups is 1. The molecule has 0 saturated carbocycles. The molecule has 2 saturated heterocycles. The highest BCUT2D eigenvalue weighted by Gasteiger charge is 2.30. The average Bonchev–Trinajstić information content (AvgIpc) is 3.18. The fourth-order valence-corrected chi connectivity index (χ4v) is 4.00. The maximum atomic E-state index is 13.0. The Kier molecular flexibility index (Phi) is 7.47. The number of rotatable bonds is 4. The van der Waals surface area contributed by atoms with Gasteiger partial charge in [0.15, 0.2) is 6.19 Å². The molecule has 0 aromatic heterocycles. The van der Waals surface area contributed by atoms with Gasteiger partial charge in [0.05, 0.1) is 6.54 Å². The molecule has 1 aromatic carbocycles. The van der Waals surface area contributed by atoms with E-state index in [1.807, 2.05) is 35.4 Å². The summed E-state index contributed by atoms with van der Waals surface area (Å²) in [6, 6.07) is 6.82. The van der Waals surface area contributed by atoms with Crippen molar-refractivity contribution in [2.24, 2.45) is 4.99 Å². The van der Waals surface area contributed by atoms with Gasteiger partial charge in [-0.25, -0.2) is 4.99 Å². The lowest BCUT2D eigenvalue weighted by atomic mass is 10.1. The minimum absolute atomic E-state index is 0.00288. The number of anilines is 1. The predicted molar refractivity (Wildman–Crippen MR) is 114 cm³/mol. The Morgan fingerprint density at radius 2 is 2.00 bits per heavy atom. The van der Waals surface area contributed by atoms with Crippen molar-refractivity contribution >= 4 is 39.4 Å². The molecule has 8 nitrogen and oxygen atoms in total. The number of guanidine groups is 1. The first-order valence-corrected chi connectivity index (χ1v) is 10.7. The average molecular weight is 461 g/mol. The first-order valence-electron chi connectivity index (χ1n) is 9.89. The number of carbonyl (C=O) groups excluding carboxylic acids is 2. The van der Waals surface area contributed by atoms with Crippen molar-refractivity contribution in [3.05, 3.63) is 28.7 Å². The van der Waals surface area contributed by atoms with Gasteiger partial charge in [0.25, 0.3) is 0 Å². The van der Waals surface area contributed by atoms with E-state index in [0.29, 0.717) is 13.0 Å². The van der Waals surface area contributed by atoms with E-state index < -0.39 is 6.04 Å². The SMILES string of the molecule is N#CNC(=NC1CCCCN(CC(=O)N2CCCC2)C1=O)Nc1cccc(Br)c1. The number of halogens is 1. The molecule has 2 amide bonds. The van der Waals surface area contributed by atoms with Crippen molar-refractivity contribution in [3.8, 4) is 6.19 Å². The Morgan fingerprint density at radius 1 is 1.24 bits per heavy atom. The summed E-state index contributed by atoms with van der Waals surface area (Å²) in [6.07, 6.45) is 6.18. The third-order valence-corrected chi connectivity index (χ3v) is 5.58. The van der Waals surface area contributed by atoms with Gasteiger partial charge in [-0.3, -0.25) is 14.9 Å². The zero-order valence-corrected chi connectivity index (χ0v) is 17.8. The highest BCUT2D eigenvalue weighted by Crippen LogP contribution is 2.18. The lowest BCUT2D eigenvalue weighted by molar-refractivity contribution is -0.140. The van der Waals surface area contributed by atoms with Gasteiger partial charge in [0, 0.05) is 29.8 Å². The van der Waals surface area contributed by atoms with Crippen LogP contribution < -0.4 is 10.6 Å². The van der Waals surface area contributed by atoms with Gasteiger partial charge in [0.2, 0.25) is 17.8 Å². The van der Waals surface area contributed by atoms with E-state index in [1.165, 1.54) is 0 Å². The molecule has 2 heterocycles. The highest BCUT2D eigenvalue weighted by atomic mass is 79.9. The van der Waals surface area contributed by atoms with Gasteiger partial charge in [0.1, 0.15) is 6.04 Å². The van der Waals surface area contributed by atoms with Crippen molar-refractivity contribution in [2.45, 2.75) is 38.1 Å². The van der Waals surface area contributed by atoms with Crippen LogP contribution in [0, 0.1) is 11.5 Å². The second kappa shape index (κ2) is 10.3. The van der Waals surface area contributed by atoms with Crippen molar-refractivity contribution in [1.29, 1.82) is 5.26 Å². The van der Waals surface area contributed by atoms with Crippen molar-refractivity contribution < 1.29 is 9.59 Å². The second-order valence-electron chi connectivity index (χ2n) is 7.21. The van der Waals surface area contributed by atoms with Crippen molar-refractivity contribution in [2.75, 3.05) is 31.5 Å². The van der Waals surface area contributed by atoms with E-state index in [-0.39, 0.29) is 24.3 Å². The molecule has 1 atom stereocenters. The van der Waals surface area contributed by atoms with Gasteiger partial charge in [-0.2, -0.15) is 5.26 Å². The van der Waals surface area contributed by atoms with Gasteiger partial charge < -0.3 is 15.1 Å². The van der Waals surface area contributed by atoms with Crippen LogP contribution in [0.25, 0.3) is 0 Å². The highest BCUT2D eigenvalue weighted by molar-refractivity contribution is 9.10. The summed E-state index contributed by atoms with van der Waals surface area (Å²) < 4.78 is 0.885. The molecule has 1 aromatic rings. The van der Waals surface area contributed by atoms with Gasteiger partial charge in [-0.05, 0) is 50.3 Å². The Labute approximate surface area is 179 Å². The van der Waals surface area contributed by atoms with E-state index >= 15 is 0 Å². The molecule has 2 fully saturated rings. The summed E-state index contributed by atoms with van der Waals surface area (Å²) in [6.45, 7) is 2.21. The second-order valence-corrected chi connectivity index (χ2v) is 8.12. The largest absolute Gasteiger partial charge is 0.341 e. The van der Waals surface area contributed by atoms with Crippen LogP contribution in [0.3, 0.4) is 0 Å². The molecule has 0 aliphatic carbocycles. The van der Waals surface area contributed by atoms with Crippen LogP contribution in [0.4, 0.5) is 5.69 Å². The van der Waals surface area contributed by atoms with Gasteiger partial charge in [-0.15, -0.1) is 0 Å². The molecule has 2 aliphatic heterocycles. The molecule has 0 bridgehead atoms. The number of nitrogens with one attached hydrogen (secondary N) is 2. The van der Waals surface area contributed by atoms with Gasteiger partial charge in [-0.1, -0.05) is 22.0 Å². The molecule has 154 valence electrons. The Hall–Kier alpha value is -2.60. The minimum atomic E-state index is -0.626. The molecular formula is C20H25BrN6O2. The van der Waals surface area contributed by atoms with Crippen LogP contribution in [-0.4, -0.2) is 59.8 Å². The summed E-state index contributed by atoms with van der Waals surface area (Å²) in [5.74, 6) is 0.0584. The maximum Gasteiger partial charge on any atom is 0.247 e. The lowest BCUT2D eigenvalue weighted by Gasteiger charge is -2.25. The molecular weight excluding hydrogens is 436 g/mol. The fraction of sp³-hybridized carbons (Fsp3) is 0.500. The number of nitriles is 1. The van der Waals surface area contributed by atoms with E-state index in [1.54, 1.807) is 4.90 Å². The van der Waals surface area contributed by atoms with Crippen LogP contribution in [0.5, 0.6) is 0 Å². The quantitative estimate of drug-likeness (QED) is 0.310. The van der Waals surface area contributed by atoms with Crippen LogP contribution >= 0.6 is 15.9 Å². The number of benzene rings is 1. The molecule has 0 spiro atoms. The van der Waals surface area contributed by atoms with E-state index in [0.717, 1.165) is 48.9 Å². The maximum absolute atomic E-state index is 13.0. The fourth-order valence-electron chi connectivity index (χ4n) is 3.60. The third-order valence-electron chi connectivity index (χ3n) is 5.08. The van der Waals surface area contributed by atoms with Crippen molar-refractivity contribution in [1.82, 2.24) is 15.1 Å². The number of nitrogens with zero attached hydrogens (tertiary/aromatic N) is 4. The lowest BCUT2D eigenvalue weighted by Crippen LogP contribution is -2.45. The van der Waals surface area contributed by atoms with E-state index in [9.17, 15) is 9.59 Å². The minimum Gasteiger partial charge on any atom is -0.341 e. The zero-order valence-electron chi connectivity index (χ0n) is 16.2. The topological polar surface area (TPSA) is 101 Å². The first kappa shape index (κ1) is 21.1. The Morgan fingerprint density at radius 3 is 2.72 bits per heavy atom. The zero-order chi connectivity index (χ0) is 20.6. The normalized spacial score (nSPS) is 20.2. The molecule has 2 N–H and O–H groups in total. The first-order chi connectivity index (χ1) is 14.1. The molecule has 29 heavy (non-hydrogen) atoms. The van der Waals surface area contributed by atoms with E-state index in [4.69, 9.17) is 5.26 Å². The predicted octanol–water partition coefficient (Wildman–Crippen LogP) is 2.29. The van der Waals surface area contributed by atoms with Crippen LogP contribution in [-0.2, 0) is 9.59 Å². The number of hydrogen-bond donors (Lipinski definition) is 2. The van der Waals surface area contributed by atoms with E-state index in [2.05, 4.69) is 31.6 Å². The number of likely N-dealkylation sites (tertiary alicyclic amines) is 2. The number of hydrogen-bond acceptors (Lipinski definition) is 4. The number of carbonyl (C=O) groups is 2. The monoisotopic (exact) mass is 460 g/mol. The molecule has 1 unspecified atom stereocenters. The van der Waals surface area contributed by atoms with Crippen molar-refractivity contribution in [3.63, 3.8) is 0 Å². The summed E-state index contributed by atoms with van der Waals surface area (Å²) in [5, 5.41) is 14.6.